The van der Waals surface area contributed by atoms with Gasteiger partial charge in [-0.2, -0.15) is 0 Å². The van der Waals surface area contributed by atoms with Gasteiger partial charge in [-0.25, -0.2) is 0 Å². The zero-order valence-corrected chi connectivity index (χ0v) is 16.0. The molecule has 0 radical (unpaired) electrons. The average Bonchev–Trinajstić information content (AvgIpc) is 3.01. The highest BCUT2D eigenvalue weighted by Gasteiger charge is 2.31. The number of likely N-dealkylation sites (tertiary alicyclic amines) is 1. The van der Waals surface area contributed by atoms with Gasteiger partial charge in [0.2, 0.25) is 5.91 Å². The Labute approximate surface area is 147 Å². The molecule has 2 rings (SSSR count). The van der Waals surface area contributed by atoms with Gasteiger partial charge in [0.25, 0.3) is 0 Å². The van der Waals surface area contributed by atoms with E-state index in [-0.39, 0.29) is 5.92 Å². The highest BCUT2D eigenvalue weighted by Crippen LogP contribution is 2.26. The van der Waals surface area contributed by atoms with E-state index in [0.717, 1.165) is 51.3 Å². The summed E-state index contributed by atoms with van der Waals surface area (Å²) < 4.78 is 0. The predicted octanol–water partition coefficient (Wildman–Crippen LogP) is 2.77. The number of aliphatic imine (C=N–C) groups is 1. The van der Waals surface area contributed by atoms with Gasteiger partial charge in [0.1, 0.15) is 0 Å². The highest BCUT2D eigenvalue weighted by atomic mass is 16.2. The Morgan fingerprint density at radius 3 is 2.50 bits per heavy atom. The van der Waals surface area contributed by atoms with Crippen molar-refractivity contribution in [3.63, 3.8) is 0 Å². The predicted molar refractivity (Wildman–Crippen MR) is 100 cm³/mol. The van der Waals surface area contributed by atoms with Gasteiger partial charge < -0.3 is 15.5 Å². The fourth-order valence-electron chi connectivity index (χ4n) is 3.63. The average molecular weight is 337 g/mol. The van der Waals surface area contributed by atoms with Crippen LogP contribution >= 0.6 is 0 Å². The SMILES string of the molecule is CN=C(NCCC(C)(C)C)NC1CCN(C(=O)C2CCCCC2)C1. The van der Waals surface area contributed by atoms with Crippen LogP contribution in [0.15, 0.2) is 4.99 Å². The summed E-state index contributed by atoms with van der Waals surface area (Å²) in [5.41, 5.74) is 0.322. The number of hydrogen-bond donors (Lipinski definition) is 2. The minimum absolute atomic E-state index is 0.279. The van der Waals surface area contributed by atoms with Crippen LogP contribution in [0.3, 0.4) is 0 Å². The number of carbonyl (C=O) groups excluding carboxylic acids is 1. The molecule has 0 spiro atoms. The lowest BCUT2D eigenvalue weighted by Crippen LogP contribution is -2.46. The topological polar surface area (TPSA) is 56.7 Å². The Bertz CT molecular complexity index is 435. The fraction of sp³-hybridized carbons (Fsp3) is 0.895. The van der Waals surface area contributed by atoms with E-state index in [0.29, 0.717) is 17.4 Å². The molecule has 1 saturated heterocycles. The molecule has 1 unspecified atom stereocenters. The fourth-order valence-corrected chi connectivity index (χ4v) is 3.63. The summed E-state index contributed by atoms with van der Waals surface area (Å²) in [7, 11) is 1.81. The van der Waals surface area contributed by atoms with Crippen LogP contribution in [-0.4, -0.2) is 49.5 Å². The third kappa shape index (κ3) is 5.99. The zero-order chi connectivity index (χ0) is 17.6. The van der Waals surface area contributed by atoms with Gasteiger partial charge in [-0.15, -0.1) is 0 Å². The van der Waals surface area contributed by atoms with Crippen LogP contribution in [0.2, 0.25) is 0 Å². The molecular weight excluding hydrogens is 300 g/mol. The number of amides is 1. The summed E-state index contributed by atoms with van der Waals surface area (Å²) >= 11 is 0. The van der Waals surface area contributed by atoms with E-state index < -0.39 is 0 Å². The van der Waals surface area contributed by atoms with Crippen molar-refractivity contribution in [2.24, 2.45) is 16.3 Å². The zero-order valence-electron chi connectivity index (χ0n) is 16.0. The Morgan fingerprint density at radius 1 is 1.17 bits per heavy atom. The molecule has 2 N–H and O–H groups in total. The Balaban J connectivity index is 1.74. The summed E-state index contributed by atoms with van der Waals surface area (Å²) in [6.45, 7) is 9.35. The van der Waals surface area contributed by atoms with Gasteiger partial charge in [0.15, 0.2) is 5.96 Å². The summed E-state index contributed by atoms with van der Waals surface area (Å²) in [4.78, 5) is 19.0. The number of nitrogens with zero attached hydrogens (tertiary/aromatic N) is 2. The summed E-state index contributed by atoms with van der Waals surface area (Å²) in [5, 5.41) is 6.88. The molecule has 0 aromatic carbocycles. The normalized spacial score (nSPS) is 23.4. The maximum absolute atomic E-state index is 12.6. The summed E-state index contributed by atoms with van der Waals surface area (Å²) in [6, 6.07) is 0.318. The molecule has 5 heteroatoms. The van der Waals surface area contributed by atoms with E-state index in [1.165, 1.54) is 19.3 Å². The molecule has 1 aliphatic heterocycles. The molecule has 1 heterocycles. The number of carbonyl (C=O) groups is 1. The molecule has 1 atom stereocenters. The van der Waals surface area contributed by atoms with Crippen LogP contribution in [0.5, 0.6) is 0 Å². The van der Waals surface area contributed by atoms with E-state index in [9.17, 15) is 4.79 Å². The van der Waals surface area contributed by atoms with Gasteiger partial charge >= 0.3 is 0 Å². The Kier molecular flexibility index (Phi) is 6.93. The van der Waals surface area contributed by atoms with E-state index in [1.807, 2.05) is 7.05 Å². The molecule has 2 aliphatic rings. The van der Waals surface area contributed by atoms with Crippen molar-refractivity contribution in [1.29, 1.82) is 0 Å². The second-order valence-electron chi connectivity index (χ2n) is 8.56. The van der Waals surface area contributed by atoms with Gasteiger partial charge in [-0.05, 0) is 31.1 Å². The third-order valence-electron chi connectivity index (χ3n) is 5.19. The largest absolute Gasteiger partial charge is 0.356 e. The Morgan fingerprint density at radius 2 is 1.88 bits per heavy atom. The standard InChI is InChI=1S/C19H36N4O/c1-19(2,3)11-12-21-18(20-4)22-16-10-13-23(14-16)17(24)15-8-6-5-7-9-15/h15-16H,5-14H2,1-4H3,(H2,20,21,22). The minimum atomic E-state index is 0.279. The van der Waals surface area contributed by atoms with Crippen molar-refractivity contribution in [2.45, 2.75) is 71.8 Å². The van der Waals surface area contributed by atoms with Crippen molar-refractivity contribution in [2.75, 3.05) is 26.7 Å². The first-order valence-electron chi connectivity index (χ1n) is 9.65. The Hall–Kier alpha value is -1.26. The van der Waals surface area contributed by atoms with Crippen molar-refractivity contribution in [3.05, 3.63) is 0 Å². The number of nitrogens with one attached hydrogen (secondary N) is 2. The monoisotopic (exact) mass is 336 g/mol. The number of rotatable bonds is 4. The molecular formula is C19H36N4O. The number of guanidine groups is 1. The highest BCUT2D eigenvalue weighted by molar-refractivity contribution is 5.81. The lowest BCUT2D eigenvalue weighted by atomic mass is 9.88. The number of hydrogen-bond acceptors (Lipinski definition) is 2. The van der Waals surface area contributed by atoms with E-state index >= 15 is 0 Å². The maximum Gasteiger partial charge on any atom is 0.225 e. The van der Waals surface area contributed by atoms with Crippen molar-refractivity contribution < 1.29 is 4.79 Å². The first kappa shape index (κ1) is 19.1. The summed E-state index contributed by atoms with van der Waals surface area (Å²) in [6.07, 6.45) is 8.02. The van der Waals surface area contributed by atoms with Crippen LogP contribution < -0.4 is 10.6 Å². The van der Waals surface area contributed by atoms with Crippen molar-refractivity contribution >= 4 is 11.9 Å². The van der Waals surface area contributed by atoms with Crippen LogP contribution in [0.4, 0.5) is 0 Å². The van der Waals surface area contributed by atoms with E-state index in [2.05, 4.69) is 41.3 Å². The van der Waals surface area contributed by atoms with Gasteiger partial charge in [0.05, 0.1) is 0 Å². The van der Waals surface area contributed by atoms with Crippen molar-refractivity contribution in [1.82, 2.24) is 15.5 Å². The minimum Gasteiger partial charge on any atom is -0.356 e. The van der Waals surface area contributed by atoms with Crippen LogP contribution in [0.25, 0.3) is 0 Å². The van der Waals surface area contributed by atoms with Gasteiger partial charge in [-0.1, -0.05) is 40.0 Å². The second kappa shape index (κ2) is 8.72. The molecule has 0 aromatic rings. The first-order valence-corrected chi connectivity index (χ1v) is 9.65. The maximum atomic E-state index is 12.6. The van der Waals surface area contributed by atoms with Crippen LogP contribution in [-0.2, 0) is 4.79 Å². The second-order valence-corrected chi connectivity index (χ2v) is 8.56. The quantitative estimate of drug-likeness (QED) is 0.613. The molecule has 1 aliphatic carbocycles. The van der Waals surface area contributed by atoms with Gasteiger partial charge in [-0.3, -0.25) is 9.79 Å². The molecule has 24 heavy (non-hydrogen) atoms. The van der Waals surface area contributed by atoms with Crippen molar-refractivity contribution in [3.8, 4) is 0 Å². The molecule has 0 bridgehead atoms. The molecule has 1 saturated carbocycles. The molecule has 0 aromatic heterocycles. The smallest absolute Gasteiger partial charge is 0.225 e. The van der Waals surface area contributed by atoms with Gasteiger partial charge in [0, 0.05) is 38.6 Å². The lowest BCUT2D eigenvalue weighted by Gasteiger charge is -2.26. The van der Waals surface area contributed by atoms with Crippen LogP contribution in [0, 0.1) is 11.3 Å². The molecule has 2 fully saturated rings. The molecule has 138 valence electrons. The summed E-state index contributed by atoms with van der Waals surface area (Å²) in [5.74, 6) is 1.52. The molecule has 5 nitrogen and oxygen atoms in total. The van der Waals surface area contributed by atoms with E-state index in [1.54, 1.807) is 0 Å². The lowest BCUT2D eigenvalue weighted by molar-refractivity contribution is -0.135. The molecule has 1 amide bonds. The first-order chi connectivity index (χ1) is 11.4. The van der Waals surface area contributed by atoms with Crippen LogP contribution in [0.1, 0.15) is 65.7 Å². The third-order valence-corrected chi connectivity index (χ3v) is 5.19. The van der Waals surface area contributed by atoms with E-state index in [4.69, 9.17) is 0 Å².